The lowest BCUT2D eigenvalue weighted by molar-refractivity contribution is 0.597. The average Bonchev–Trinajstić information content (AvgIpc) is 2.69. The molecule has 0 fully saturated rings. The van der Waals surface area contributed by atoms with Gasteiger partial charge in [0.2, 0.25) is 0 Å². The fourth-order valence-corrected chi connectivity index (χ4v) is 2.13. The molecule has 0 amide bonds. The summed E-state index contributed by atoms with van der Waals surface area (Å²) in [6.45, 7) is 0. The zero-order valence-corrected chi connectivity index (χ0v) is 9.46. The van der Waals surface area contributed by atoms with Crippen LogP contribution in [0.1, 0.15) is 0 Å². The summed E-state index contributed by atoms with van der Waals surface area (Å²) < 4.78 is 25.7. The van der Waals surface area contributed by atoms with Crippen LogP contribution in [0.3, 0.4) is 0 Å². The van der Waals surface area contributed by atoms with Crippen molar-refractivity contribution in [2.45, 2.75) is 5.03 Å². The fraction of sp³-hybridized carbons (Fsp3) is 0. The number of anilines is 1. The molecule has 6 nitrogen and oxygen atoms in total. The van der Waals surface area contributed by atoms with Gasteiger partial charge in [-0.1, -0.05) is 17.7 Å². The highest BCUT2D eigenvalue weighted by Gasteiger charge is 2.15. The molecule has 2 N–H and O–H groups in total. The average molecular weight is 259 g/mol. The molecule has 2 rings (SSSR count). The number of hydrogen-bond acceptors (Lipinski definition) is 4. The van der Waals surface area contributed by atoms with Crippen molar-refractivity contribution >= 4 is 27.4 Å². The lowest BCUT2D eigenvalue weighted by atomic mass is 10.5. The monoisotopic (exact) mass is 258 g/mol. The van der Waals surface area contributed by atoms with E-state index >= 15 is 0 Å². The van der Waals surface area contributed by atoms with Crippen molar-refractivity contribution in [1.29, 1.82) is 0 Å². The Morgan fingerprint density at radius 1 is 1.31 bits per heavy atom. The van der Waals surface area contributed by atoms with Gasteiger partial charge >= 0.3 is 0 Å². The molecule has 0 spiro atoms. The maximum atomic E-state index is 11.7. The zero-order valence-electron chi connectivity index (χ0n) is 7.88. The topological polar surface area (TPSA) is 87.7 Å². The van der Waals surface area contributed by atoms with Gasteiger partial charge in [-0.2, -0.15) is 13.5 Å². The molecule has 0 radical (unpaired) electrons. The van der Waals surface area contributed by atoms with Gasteiger partial charge in [0.05, 0.1) is 6.20 Å². The first-order chi connectivity index (χ1) is 7.58. The third-order valence-electron chi connectivity index (χ3n) is 1.72. The smallest absolute Gasteiger partial charge is 0.266 e. The van der Waals surface area contributed by atoms with E-state index in [4.69, 9.17) is 11.6 Å². The van der Waals surface area contributed by atoms with Crippen LogP contribution in [0.15, 0.2) is 35.5 Å². The number of rotatable bonds is 3. The second kappa shape index (κ2) is 4.11. The quantitative estimate of drug-likeness (QED) is 0.812. The van der Waals surface area contributed by atoms with Gasteiger partial charge in [0.1, 0.15) is 11.0 Å². The van der Waals surface area contributed by atoms with Gasteiger partial charge in [-0.25, -0.2) is 4.98 Å². The Kier molecular flexibility index (Phi) is 2.80. The first-order valence-electron chi connectivity index (χ1n) is 4.23. The Balaban J connectivity index is 2.29. The maximum absolute atomic E-state index is 11.7. The molecule has 2 aromatic heterocycles. The summed E-state index contributed by atoms with van der Waals surface area (Å²) in [5.41, 5.74) is 0. The third kappa shape index (κ3) is 2.31. The van der Waals surface area contributed by atoms with E-state index in [1.54, 1.807) is 12.1 Å². The minimum absolute atomic E-state index is 0.0331. The highest BCUT2D eigenvalue weighted by molar-refractivity contribution is 7.92. The summed E-state index contributed by atoms with van der Waals surface area (Å²) in [6.07, 6.45) is 1.35. The van der Waals surface area contributed by atoms with E-state index in [1.807, 2.05) is 0 Å². The molecule has 8 heteroatoms. The van der Waals surface area contributed by atoms with Gasteiger partial charge < -0.3 is 0 Å². The van der Waals surface area contributed by atoms with Crippen molar-refractivity contribution in [2.24, 2.45) is 0 Å². The van der Waals surface area contributed by atoms with Crippen LogP contribution in [0.4, 0.5) is 5.82 Å². The van der Waals surface area contributed by atoms with Crippen LogP contribution >= 0.6 is 11.6 Å². The highest BCUT2D eigenvalue weighted by atomic mass is 35.5. The number of H-pyrrole nitrogens is 1. The molecule has 0 aromatic carbocycles. The number of aromatic amines is 1. The van der Waals surface area contributed by atoms with Crippen molar-refractivity contribution in [3.63, 3.8) is 0 Å². The van der Waals surface area contributed by atoms with Crippen LogP contribution in [0.2, 0.25) is 5.15 Å². The predicted octanol–water partition coefficient (Wildman–Crippen LogP) is 1.26. The van der Waals surface area contributed by atoms with Crippen LogP contribution in [0.25, 0.3) is 0 Å². The first kappa shape index (κ1) is 10.9. The number of halogens is 1. The van der Waals surface area contributed by atoms with Crippen molar-refractivity contribution in [2.75, 3.05) is 4.72 Å². The van der Waals surface area contributed by atoms with E-state index in [9.17, 15) is 8.42 Å². The SMILES string of the molecule is O=S(=O)(Nc1cccc(Cl)n1)c1ccn[nH]1. The highest BCUT2D eigenvalue weighted by Crippen LogP contribution is 2.13. The van der Waals surface area contributed by atoms with E-state index in [0.717, 1.165) is 0 Å². The maximum Gasteiger partial charge on any atom is 0.279 e. The summed E-state index contributed by atoms with van der Waals surface area (Å²) >= 11 is 5.63. The molecule has 0 saturated carbocycles. The standard InChI is InChI=1S/C8H7ClN4O2S/c9-6-2-1-3-7(11-6)13-16(14,15)8-4-5-10-12-8/h1-5H,(H,10,12)(H,11,13). The molecule has 0 saturated heterocycles. The zero-order chi connectivity index (χ0) is 11.6. The number of sulfonamides is 1. The van der Waals surface area contributed by atoms with E-state index in [1.165, 1.54) is 18.3 Å². The van der Waals surface area contributed by atoms with E-state index in [2.05, 4.69) is 19.9 Å². The van der Waals surface area contributed by atoms with E-state index in [-0.39, 0.29) is 16.0 Å². The normalized spacial score (nSPS) is 11.3. The molecular weight excluding hydrogens is 252 g/mol. The Morgan fingerprint density at radius 2 is 2.12 bits per heavy atom. The summed E-state index contributed by atoms with van der Waals surface area (Å²) in [6, 6.07) is 5.99. The fourth-order valence-electron chi connectivity index (χ4n) is 1.05. The Labute approximate surface area is 96.7 Å². The second-order valence-electron chi connectivity index (χ2n) is 2.87. The van der Waals surface area contributed by atoms with Crippen LogP contribution < -0.4 is 4.72 Å². The van der Waals surface area contributed by atoms with Gasteiger partial charge in [0, 0.05) is 0 Å². The molecule has 0 aliphatic rings. The minimum atomic E-state index is -3.68. The van der Waals surface area contributed by atoms with Crippen LogP contribution in [-0.2, 0) is 10.0 Å². The number of hydrogen-bond donors (Lipinski definition) is 2. The third-order valence-corrected chi connectivity index (χ3v) is 3.21. The molecule has 2 heterocycles. The van der Waals surface area contributed by atoms with Crippen LogP contribution in [0.5, 0.6) is 0 Å². The van der Waals surface area contributed by atoms with Crippen molar-refractivity contribution in [1.82, 2.24) is 15.2 Å². The van der Waals surface area contributed by atoms with Gasteiger partial charge in [-0.3, -0.25) is 9.82 Å². The molecule has 0 aliphatic carbocycles. The van der Waals surface area contributed by atoms with Gasteiger partial charge in [0.15, 0.2) is 5.03 Å². The number of nitrogens with one attached hydrogen (secondary N) is 2. The van der Waals surface area contributed by atoms with Crippen LogP contribution in [-0.4, -0.2) is 23.6 Å². The molecule has 0 aliphatic heterocycles. The second-order valence-corrected chi connectivity index (χ2v) is 4.91. The number of pyridine rings is 1. The molecule has 0 atom stereocenters. The molecule has 16 heavy (non-hydrogen) atoms. The van der Waals surface area contributed by atoms with Gasteiger partial charge in [-0.15, -0.1) is 0 Å². The molecule has 84 valence electrons. The van der Waals surface area contributed by atoms with Crippen LogP contribution in [0, 0.1) is 0 Å². The van der Waals surface area contributed by atoms with E-state index in [0.29, 0.717) is 0 Å². The number of nitrogens with zero attached hydrogens (tertiary/aromatic N) is 2. The summed E-state index contributed by atoms with van der Waals surface area (Å²) in [4.78, 5) is 3.81. The molecule has 0 unspecified atom stereocenters. The Bertz CT molecular complexity index is 582. The van der Waals surface area contributed by atoms with Gasteiger partial charge in [-0.05, 0) is 18.2 Å². The summed E-state index contributed by atoms with van der Waals surface area (Å²) in [5, 5.41) is 6.09. The number of aromatic nitrogens is 3. The lowest BCUT2D eigenvalue weighted by Crippen LogP contribution is -2.14. The van der Waals surface area contributed by atoms with E-state index < -0.39 is 10.0 Å². The lowest BCUT2D eigenvalue weighted by Gasteiger charge is -2.04. The van der Waals surface area contributed by atoms with Crippen molar-refractivity contribution < 1.29 is 8.42 Å². The minimum Gasteiger partial charge on any atom is -0.266 e. The van der Waals surface area contributed by atoms with Crippen molar-refractivity contribution in [3.8, 4) is 0 Å². The largest absolute Gasteiger partial charge is 0.279 e. The predicted molar refractivity (Wildman–Crippen MR) is 58.6 cm³/mol. The molecular formula is C8H7ClN4O2S. The summed E-state index contributed by atoms with van der Waals surface area (Å²) in [5.74, 6) is 0.155. The summed E-state index contributed by atoms with van der Waals surface area (Å²) in [7, 11) is -3.68. The van der Waals surface area contributed by atoms with Gasteiger partial charge in [0.25, 0.3) is 10.0 Å². The Hall–Kier alpha value is -1.60. The molecule has 2 aromatic rings. The Morgan fingerprint density at radius 3 is 2.75 bits per heavy atom. The molecule has 0 bridgehead atoms. The first-order valence-corrected chi connectivity index (χ1v) is 6.09. The van der Waals surface area contributed by atoms with Crippen molar-refractivity contribution in [3.05, 3.63) is 35.6 Å².